The molecule has 0 spiro atoms. The van der Waals surface area contributed by atoms with Gasteiger partial charge in [-0.05, 0) is 49.2 Å². The molecule has 4 nitrogen and oxygen atoms in total. The standard InChI is InChI=1S/C12H19BrN2O2/c1-8-9(14)7-15-11(10(8)13)16-5-6-17-12(2,3)4/h7H,5-6,14H2,1-4H3. The molecule has 2 N–H and O–H groups in total. The van der Waals surface area contributed by atoms with Crippen molar-refractivity contribution < 1.29 is 9.47 Å². The van der Waals surface area contributed by atoms with Crippen molar-refractivity contribution in [3.05, 3.63) is 16.2 Å². The van der Waals surface area contributed by atoms with E-state index < -0.39 is 0 Å². The predicted molar refractivity (Wildman–Crippen MR) is 72.3 cm³/mol. The molecule has 1 aromatic heterocycles. The molecule has 0 unspecified atom stereocenters. The lowest BCUT2D eigenvalue weighted by molar-refractivity contribution is -0.0169. The summed E-state index contributed by atoms with van der Waals surface area (Å²) in [6, 6.07) is 0. The van der Waals surface area contributed by atoms with E-state index in [0.29, 0.717) is 24.8 Å². The van der Waals surface area contributed by atoms with Crippen LogP contribution in [0.25, 0.3) is 0 Å². The Morgan fingerprint density at radius 3 is 2.59 bits per heavy atom. The molecule has 0 aliphatic carbocycles. The number of ether oxygens (including phenoxy) is 2. The lowest BCUT2D eigenvalue weighted by Crippen LogP contribution is -2.22. The number of nitrogens with zero attached hydrogens (tertiary/aromatic N) is 1. The molecule has 0 saturated carbocycles. The van der Waals surface area contributed by atoms with Crippen LogP contribution in [-0.2, 0) is 4.74 Å². The van der Waals surface area contributed by atoms with Gasteiger partial charge in [0.15, 0.2) is 0 Å². The summed E-state index contributed by atoms with van der Waals surface area (Å²) in [5.74, 6) is 0.550. The summed E-state index contributed by atoms with van der Waals surface area (Å²) in [6.07, 6.45) is 1.60. The van der Waals surface area contributed by atoms with Gasteiger partial charge in [0.25, 0.3) is 0 Å². The van der Waals surface area contributed by atoms with Gasteiger partial charge < -0.3 is 15.2 Å². The summed E-state index contributed by atoms with van der Waals surface area (Å²) in [7, 11) is 0. The van der Waals surface area contributed by atoms with Gasteiger partial charge in [-0.2, -0.15) is 0 Å². The van der Waals surface area contributed by atoms with Crippen LogP contribution in [0.2, 0.25) is 0 Å². The molecule has 1 heterocycles. The van der Waals surface area contributed by atoms with Gasteiger partial charge in [0.1, 0.15) is 6.61 Å². The second-order valence-corrected chi connectivity index (χ2v) is 5.56. The molecule has 0 aliphatic heterocycles. The SMILES string of the molecule is Cc1c(N)cnc(OCCOC(C)(C)C)c1Br. The van der Waals surface area contributed by atoms with Crippen LogP contribution in [0.3, 0.4) is 0 Å². The molecular formula is C12H19BrN2O2. The van der Waals surface area contributed by atoms with Crippen LogP contribution in [0.1, 0.15) is 26.3 Å². The molecule has 0 radical (unpaired) electrons. The number of nitrogen functional groups attached to an aromatic ring is 1. The highest BCUT2D eigenvalue weighted by molar-refractivity contribution is 9.10. The Bertz CT molecular complexity index is 389. The van der Waals surface area contributed by atoms with Crippen molar-refractivity contribution in [2.75, 3.05) is 18.9 Å². The topological polar surface area (TPSA) is 57.4 Å². The van der Waals surface area contributed by atoms with E-state index in [1.807, 2.05) is 27.7 Å². The zero-order chi connectivity index (χ0) is 13.1. The summed E-state index contributed by atoms with van der Waals surface area (Å²) in [4.78, 5) is 4.12. The van der Waals surface area contributed by atoms with E-state index in [0.717, 1.165) is 10.0 Å². The molecule has 0 atom stereocenters. The first-order valence-corrected chi connectivity index (χ1v) is 6.28. The molecule has 0 amide bonds. The maximum absolute atomic E-state index is 5.73. The molecule has 0 aliphatic rings. The van der Waals surface area contributed by atoms with Crippen molar-refractivity contribution in [3.8, 4) is 5.88 Å². The van der Waals surface area contributed by atoms with E-state index in [9.17, 15) is 0 Å². The first-order valence-electron chi connectivity index (χ1n) is 5.48. The second kappa shape index (κ2) is 5.69. The van der Waals surface area contributed by atoms with Gasteiger partial charge >= 0.3 is 0 Å². The number of rotatable bonds is 4. The van der Waals surface area contributed by atoms with E-state index in [-0.39, 0.29) is 5.60 Å². The molecule has 0 fully saturated rings. The average Bonchev–Trinajstić information content (AvgIpc) is 2.22. The first-order chi connectivity index (χ1) is 7.81. The van der Waals surface area contributed by atoms with Gasteiger partial charge in [-0.3, -0.25) is 0 Å². The minimum absolute atomic E-state index is 0.148. The van der Waals surface area contributed by atoms with Gasteiger partial charge in [0, 0.05) is 0 Å². The number of hydrogen-bond acceptors (Lipinski definition) is 4. The van der Waals surface area contributed by atoms with Crippen molar-refractivity contribution >= 4 is 21.6 Å². The normalized spacial score (nSPS) is 11.6. The van der Waals surface area contributed by atoms with Crippen LogP contribution >= 0.6 is 15.9 Å². The highest BCUT2D eigenvalue weighted by atomic mass is 79.9. The van der Waals surface area contributed by atoms with Crippen LogP contribution in [-0.4, -0.2) is 23.8 Å². The summed E-state index contributed by atoms with van der Waals surface area (Å²) >= 11 is 3.41. The fraction of sp³-hybridized carbons (Fsp3) is 0.583. The monoisotopic (exact) mass is 302 g/mol. The fourth-order valence-corrected chi connectivity index (χ4v) is 1.60. The first kappa shape index (κ1) is 14.3. The van der Waals surface area contributed by atoms with Crippen molar-refractivity contribution in [1.29, 1.82) is 0 Å². The largest absolute Gasteiger partial charge is 0.474 e. The van der Waals surface area contributed by atoms with Crippen molar-refractivity contribution in [2.45, 2.75) is 33.3 Å². The van der Waals surface area contributed by atoms with Gasteiger partial charge in [0.2, 0.25) is 5.88 Å². The third-order valence-electron chi connectivity index (χ3n) is 2.13. The van der Waals surface area contributed by atoms with Gasteiger partial charge in [-0.25, -0.2) is 4.98 Å². The van der Waals surface area contributed by atoms with Gasteiger partial charge in [-0.1, -0.05) is 0 Å². The van der Waals surface area contributed by atoms with Crippen LogP contribution in [0.5, 0.6) is 5.88 Å². The van der Waals surface area contributed by atoms with E-state index in [1.54, 1.807) is 6.20 Å². The minimum atomic E-state index is -0.148. The molecule has 5 heteroatoms. The Hall–Kier alpha value is -0.810. The van der Waals surface area contributed by atoms with Crippen LogP contribution < -0.4 is 10.5 Å². The molecule has 1 rings (SSSR count). The summed E-state index contributed by atoms with van der Waals surface area (Å²) in [6.45, 7) is 8.93. The number of nitrogens with two attached hydrogens (primary N) is 1. The Labute approximate surface area is 111 Å². The Kier molecular flexibility index (Phi) is 4.77. The number of anilines is 1. The molecule has 0 saturated heterocycles. The summed E-state index contributed by atoms with van der Waals surface area (Å²) in [5, 5.41) is 0. The van der Waals surface area contributed by atoms with Crippen LogP contribution in [0, 0.1) is 6.92 Å². The third-order valence-corrected chi connectivity index (χ3v) is 3.06. The Morgan fingerprint density at radius 1 is 1.35 bits per heavy atom. The zero-order valence-electron chi connectivity index (χ0n) is 10.7. The summed E-state index contributed by atoms with van der Waals surface area (Å²) < 4.78 is 11.9. The highest BCUT2D eigenvalue weighted by Gasteiger charge is 2.11. The van der Waals surface area contributed by atoms with E-state index in [4.69, 9.17) is 15.2 Å². The molecule has 1 aromatic rings. The third kappa shape index (κ3) is 4.52. The number of aromatic nitrogens is 1. The zero-order valence-corrected chi connectivity index (χ0v) is 12.3. The minimum Gasteiger partial charge on any atom is -0.474 e. The van der Waals surface area contributed by atoms with Crippen molar-refractivity contribution in [3.63, 3.8) is 0 Å². The van der Waals surface area contributed by atoms with Crippen LogP contribution in [0.15, 0.2) is 10.7 Å². The van der Waals surface area contributed by atoms with E-state index in [2.05, 4.69) is 20.9 Å². The lowest BCUT2D eigenvalue weighted by atomic mass is 10.2. The van der Waals surface area contributed by atoms with Crippen molar-refractivity contribution in [1.82, 2.24) is 4.98 Å². The quantitative estimate of drug-likeness (QED) is 0.869. The number of pyridine rings is 1. The maximum atomic E-state index is 5.73. The predicted octanol–water partition coefficient (Wildman–Crippen LogP) is 2.93. The van der Waals surface area contributed by atoms with Gasteiger partial charge in [0.05, 0.1) is 28.6 Å². The van der Waals surface area contributed by atoms with Crippen LogP contribution in [0.4, 0.5) is 5.69 Å². The molecule has 0 aromatic carbocycles. The Morgan fingerprint density at radius 2 is 2.00 bits per heavy atom. The Balaban J connectivity index is 2.51. The second-order valence-electron chi connectivity index (χ2n) is 4.77. The number of hydrogen-bond donors (Lipinski definition) is 1. The number of halogens is 1. The van der Waals surface area contributed by atoms with Gasteiger partial charge in [-0.15, -0.1) is 0 Å². The molecular weight excluding hydrogens is 284 g/mol. The van der Waals surface area contributed by atoms with E-state index in [1.165, 1.54) is 0 Å². The molecule has 96 valence electrons. The lowest BCUT2D eigenvalue weighted by Gasteiger charge is -2.19. The smallest absolute Gasteiger partial charge is 0.228 e. The van der Waals surface area contributed by atoms with Crippen molar-refractivity contribution in [2.24, 2.45) is 0 Å². The molecule has 0 bridgehead atoms. The average molecular weight is 303 g/mol. The highest BCUT2D eigenvalue weighted by Crippen LogP contribution is 2.29. The fourth-order valence-electron chi connectivity index (χ4n) is 1.16. The summed E-state index contributed by atoms with van der Waals surface area (Å²) in [5.41, 5.74) is 7.17. The maximum Gasteiger partial charge on any atom is 0.228 e. The van der Waals surface area contributed by atoms with E-state index >= 15 is 0 Å². The molecule has 17 heavy (non-hydrogen) atoms.